The summed E-state index contributed by atoms with van der Waals surface area (Å²) in [4.78, 5) is 57.9. The summed E-state index contributed by atoms with van der Waals surface area (Å²) in [5.41, 5.74) is -1.57. The molecule has 16 heteroatoms. The van der Waals surface area contributed by atoms with Gasteiger partial charge in [0.2, 0.25) is 0 Å². The predicted molar refractivity (Wildman–Crippen MR) is 101 cm³/mol. The lowest BCUT2D eigenvalue weighted by Crippen LogP contribution is -2.38. The molecule has 1 N–H and O–H groups in total. The van der Waals surface area contributed by atoms with Crippen molar-refractivity contribution in [2.24, 2.45) is 5.92 Å². The number of nitrogens with zero attached hydrogens (tertiary/aromatic N) is 3. The summed E-state index contributed by atoms with van der Waals surface area (Å²) < 4.78 is 46.8. The van der Waals surface area contributed by atoms with Gasteiger partial charge in [0.1, 0.15) is 12.2 Å². The molecule has 2 aromatic rings. The molecule has 7 atom stereocenters. The van der Waals surface area contributed by atoms with E-state index in [1.165, 1.54) is 31.9 Å². The highest BCUT2D eigenvalue weighted by Gasteiger charge is 2.58. The molecule has 14 nitrogen and oxygen atoms in total. The molecule has 32 heavy (non-hydrogen) atoms. The van der Waals surface area contributed by atoms with Crippen molar-refractivity contribution in [2.75, 3.05) is 7.11 Å². The maximum Gasteiger partial charge on any atom is 0.278 e. The molecule has 2 aromatic heterocycles. The second-order valence-corrected chi connectivity index (χ2v) is 11.0. The van der Waals surface area contributed by atoms with Gasteiger partial charge in [-0.05, 0) is 31.8 Å². The van der Waals surface area contributed by atoms with Crippen LogP contribution in [0.15, 0.2) is 17.4 Å². The van der Waals surface area contributed by atoms with Crippen LogP contribution in [0.25, 0.3) is 11.2 Å². The Morgan fingerprint density at radius 3 is 2.56 bits per heavy atom. The Balaban J connectivity index is 1.71. The summed E-state index contributed by atoms with van der Waals surface area (Å²) in [7, 11) is -8.48. The van der Waals surface area contributed by atoms with Gasteiger partial charge in [-0.3, -0.25) is 13.9 Å². The first kappa shape index (κ1) is 23.7. The number of aromatic nitrogens is 4. The fourth-order valence-electron chi connectivity index (χ4n) is 4.00. The first-order chi connectivity index (χ1) is 14.9. The van der Waals surface area contributed by atoms with Crippen LogP contribution in [0.5, 0.6) is 0 Å². The molecule has 1 saturated heterocycles. The fraction of sp³-hybridized carbons (Fsp3) is 0.688. The first-order valence-electron chi connectivity index (χ1n) is 9.71. The zero-order valence-electron chi connectivity index (χ0n) is 17.2. The Kier molecular flexibility index (Phi) is 6.21. The van der Waals surface area contributed by atoms with Gasteiger partial charge in [0, 0.05) is 7.11 Å². The minimum absolute atomic E-state index is 0.00521. The summed E-state index contributed by atoms with van der Waals surface area (Å²) in [5.74, 6) is -0.798. The topological polar surface area (TPSA) is 204 Å². The molecule has 1 aliphatic heterocycles. The Labute approximate surface area is 181 Å². The molecular formula is C16H21N4O10P2-3. The number of phosphoric ester groups is 1. The molecule has 0 aromatic carbocycles. The lowest BCUT2D eigenvalue weighted by Gasteiger charge is -2.33. The van der Waals surface area contributed by atoms with Crippen LogP contribution in [0.1, 0.15) is 26.5 Å². The molecule has 3 heterocycles. The molecule has 1 saturated carbocycles. The first-order valence-corrected chi connectivity index (χ1v) is 12.8. The monoisotopic (exact) mass is 491 g/mol. The lowest BCUT2D eigenvalue weighted by molar-refractivity contribution is -0.314. The highest BCUT2D eigenvalue weighted by Crippen LogP contribution is 2.59. The van der Waals surface area contributed by atoms with Gasteiger partial charge in [-0.2, -0.15) is 0 Å². The van der Waals surface area contributed by atoms with E-state index < -0.39 is 63.2 Å². The predicted octanol–water partition coefficient (Wildman–Crippen LogP) is -1.39. The molecule has 2 fully saturated rings. The number of fused-ring (bicyclic) bond motifs is 1. The van der Waals surface area contributed by atoms with Crippen LogP contribution in [0.3, 0.4) is 0 Å². The second-order valence-electron chi connectivity index (χ2n) is 7.93. The van der Waals surface area contributed by atoms with E-state index >= 15 is 0 Å². The molecule has 0 spiro atoms. The zero-order valence-corrected chi connectivity index (χ0v) is 19.0. The highest BCUT2D eigenvalue weighted by atomic mass is 31.2. The summed E-state index contributed by atoms with van der Waals surface area (Å²) >= 11 is 0. The van der Waals surface area contributed by atoms with E-state index in [0.29, 0.717) is 0 Å². The number of imidazole rings is 1. The summed E-state index contributed by atoms with van der Waals surface area (Å²) in [6.07, 6.45) is -2.90. The quantitative estimate of drug-likeness (QED) is 0.424. The molecule has 0 bridgehead atoms. The van der Waals surface area contributed by atoms with E-state index in [4.69, 9.17) is 18.5 Å². The SMILES string of the molecule is CO[C@H]1C(OP(=O)([O-])OC(C)C)[C@@H](C2CC2P(=O)([O-])[O-])O[C@H]1n1cnc2c(=O)[nH]cnc21. The smallest absolute Gasteiger partial charge is 0.278 e. The van der Waals surface area contributed by atoms with E-state index in [1.54, 1.807) is 0 Å². The van der Waals surface area contributed by atoms with Gasteiger partial charge in [0.15, 0.2) is 17.4 Å². The molecular weight excluding hydrogens is 470 g/mol. The van der Waals surface area contributed by atoms with Crippen molar-refractivity contribution in [1.82, 2.24) is 19.5 Å². The van der Waals surface area contributed by atoms with Crippen molar-refractivity contribution in [3.63, 3.8) is 0 Å². The van der Waals surface area contributed by atoms with Gasteiger partial charge in [0.05, 0.1) is 24.9 Å². The van der Waals surface area contributed by atoms with Gasteiger partial charge in [-0.25, -0.2) is 9.97 Å². The Hall–Kier alpha value is -1.47. The van der Waals surface area contributed by atoms with Crippen LogP contribution < -0.4 is 20.2 Å². The van der Waals surface area contributed by atoms with Crippen molar-refractivity contribution >= 4 is 26.6 Å². The van der Waals surface area contributed by atoms with Crippen molar-refractivity contribution in [3.8, 4) is 0 Å². The van der Waals surface area contributed by atoms with Gasteiger partial charge in [0.25, 0.3) is 13.4 Å². The van der Waals surface area contributed by atoms with Crippen LogP contribution in [-0.2, 0) is 27.7 Å². The van der Waals surface area contributed by atoms with Crippen molar-refractivity contribution in [3.05, 3.63) is 23.0 Å². The number of methoxy groups -OCH3 is 1. The number of hydrogen-bond donors (Lipinski definition) is 1. The Morgan fingerprint density at radius 2 is 1.97 bits per heavy atom. The molecule has 1 aliphatic carbocycles. The maximum atomic E-state index is 12.4. The van der Waals surface area contributed by atoms with Crippen molar-refractivity contribution in [1.29, 1.82) is 0 Å². The third-order valence-corrected chi connectivity index (χ3v) is 7.95. The standard InChI is InChI=1S/C16H24N4O10P2/c1-7(2)29-32(25,26)30-12-11(8-4-9(8)31(22,23)24)28-16(13(12)27-3)20-6-19-10-14(20)17-5-18-15(10)21/h5-9,11-13,16H,4H2,1-3H3,(H,25,26)(H,17,18,21)(H2,22,23,24)/p-3/t8?,9?,11-,12?,13+,16-/m1/s1. The van der Waals surface area contributed by atoms with Crippen LogP contribution in [0, 0.1) is 5.92 Å². The minimum atomic E-state index is -4.92. The molecule has 4 rings (SSSR count). The van der Waals surface area contributed by atoms with E-state index in [-0.39, 0.29) is 17.6 Å². The van der Waals surface area contributed by atoms with Crippen LogP contribution in [0.4, 0.5) is 0 Å². The van der Waals surface area contributed by atoms with E-state index in [2.05, 4.69) is 15.0 Å². The maximum absolute atomic E-state index is 12.4. The van der Waals surface area contributed by atoms with Crippen LogP contribution in [0.2, 0.25) is 0 Å². The lowest BCUT2D eigenvalue weighted by atomic mass is 10.1. The van der Waals surface area contributed by atoms with Crippen LogP contribution in [-0.4, -0.2) is 56.7 Å². The Bertz CT molecular complexity index is 1150. The Morgan fingerprint density at radius 1 is 1.25 bits per heavy atom. The summed E-state index contributed by atoms with van der Waals surface area (Å²) in [6, 6.07) is 0. The van der Waals surface area contributed by atoms with Gasteiger partial charge < -0.3 is 42.8 Å². The van der Waals surface area contributed by atoms with Gasteiger partial charge in [-0.15, -0.1) is 0 Å². The average molecular weight is 491 g/mol. The summed E-state index contributed by atoms with van der Waals surface area (Å²) in [5, 5.41) is 0. The van der Waals surface area contributed by atoms with E-state index in [1.807, 2.05) is 0 Å². The molecule has 4 unspecified atom stereocenters. The highest BCUT2D eigenvalue weighted by molar-refractivity contribution is 7.50. The number of H-pyrrole nitrogens is 1. The molecule has 0 amide bonds. The van der Waals surface area contributed by atoms with Crippen molar-refractivity contribution < 1.29 is 42.3 Å². The number of nitrogens with one attached hydrogen (secondary N) is 1. The normalized spacial score (nSPS) is 32.5. The minimum Gasteiger partial charge on any atom is -0.811 e. The fourth-order valence-corrected chi connectivity index (χ4v) is 6.25. The number of rotatable bonds is 8. The van der Waals surface area contributed by atoms with E-state index in [9.17, 15) is 28.6 Å². The number of phosphoric acid groups is 1. The number of ether oxygens (including phenoxy) is 2. The largest absolute Gasteiger partial charge is 0.811 e. The summed E-state index contributed by atoms with van der Waals surface area (Å²) in [6.45, 7) is 2.99. The molecule has 0 radical (unpaired) electrons. The van der Waals surface area contributed by atoms with Gasteiger partial charge >= 0.3 is 0 Å². The third-order valence-electron chi connectivity index (χ3n) is 5.36. The van der Waals surface area contributed by atoms with E-state index in [0.717, 1.165) is 6.33 Å². The van der Waals surface area contributed by atoms with Crippen LogP contribution >= 0.6 is 15.4 Å². The molecule has 2 aliphatic rings. The number of hydrogen-bond acceptors (Lipinski definition) is 12. The van der Waals surface area contributed by atoms with Crippen molar-refractivity contribution in [2.45, 2.75) is 56.6 Å². The third kappa shape index (κ3) is 4.47. The average Bonchev–Trinajstić information content (AvgIpc) is 3.24. The number of aromatic amines is 1. The van der Waals surface area contributed by atoms with Gasteiger partial charge in [-0.1, -0.05) is 7.60 Å². The zero-order chi connectivity index (χ0) is 23.4. The molecule has 178 valence electrons. The second kappa shape index (κ2) is 8.39.